The van der Waals surface area contributed by atoms with Crippen LogP contribution in [0.4, 0.5) is 0 Å². The highest BCUT2D eigenvalue weighted by Gasteiger charge is 2.27. The SMILES string of the molecule is CC(N)COC(C)COCC(COCC(C)NCC(C)OCC(C)NC(c1ccc(C(=O)C(C)(C)O)cc1)c1ccc(C(=O)C(C)(C)O)cc1)OCC(C)OCC(C)N. The molecule has 0 heterocycles. The zero-order valence-corrected chi connectivity index (χ0v) is 37.5. The first-order valence-electron chi connectivity index (χ1n) is 20.9. The van der Waals surface area contributed by atoms with Gasteiger partial charge in [0, 0.05) is 41.8 Å². The summed E-state index contributed by atoms with van der Waals surface area (Å²) in [5.41, 5.74) is 11.2. The van der Waals surface area contributed by atoms with Gasteiger partial charge in [0.05, 0.1) is 77.2 Å². The van der Waals surface area contributed by atoms with Gasteiger partial charge in [-0.05, 0) is 87.3 Å². The Balaban J connectivity index is 1.95. The molecule has 0 amide bonds. The molecule has 14 nitrogen and oxygen atoms in total. The zero-order chi connectivity index (χ0) is 44.3. The Morgan fingerprint density at radius 2 is 0.983 bits per heavy atom. The normalized spacial score (nSPS) is 16.6. The summed E-state index contributed by atoms with van der Waals surface area (Å²) in [4.78, 5) is 25.4. The highest BCUT2D eigenvalue weighted by atomic mass is 16.6. The van der Waals surface area contributed by atoms with Crippen LogP contribution in [-0.4, -0.2) is 141 Å². The summed E-state index contributed by atoms with van der Waals surface area (Å²) in [6.07, 6.45) is -0.634. The van der Waals surface area contributed by atoms with Gasteiger partial charge in [-0.3, -0.25) is 9.59 Å². The fourth-order valence-electron chi connectivity index (χ4n) is 5.76. The third kappa shape index (κ3) is 21.1. The Hall–Kier alpha value is -2.70. The number of hydrogen-bond donors (Lipinski definition) is 6. The Morgan fingerprint density at radius 3 is 1.42 bits per heavy atom. The maximum absolute atomic E-state index is 12.7. The standard InChI is InChI=1S/C45H76N4O10/c1-29(46)21-56-34(6)25-55-28-40(59-26-35(7)57-22-30(2)47)27-54-23-31(3)48-20-33(5)58-24-32(4)49-41(36-12-16-38(17-13-36)42(50)44(8,9)52)37-14-18-39(19-15-37)43(51)45(10,11)53/h12-19,29-35,40-41,48-49,52-53H,20-28,46-47H2,1-11H3. The van der Waals surface area contributed by atoms with Gasteiger partial charge in [0.2, 0.25) is 0 Å². The number of carbonyl (C=O) groups excluding carboxylic acids is 2. The van der Waals surface area contributed by atoms with Crippen LogP contribution in [0, 0.1) is 0 Å². The van der Waals surface area contributed by atoms with Crippen molar-refractivity contribution < 1.29 is 48.2 Å². The van der Waals surface area contributed by atoms with Gasteiger partial charge in [0.1, 0.15) is 17.3 Å². The number of aliphatic hydroxyl groups is 2. The van der Waals surface area contributed by atoms with Crippen molar-refractivity contribution in [3.63, 3.8) is 0 Å². The van der Waals surface area contributed by atoms with Crippen LogP contribution in [0.5, 0.6) is 0 Å². The molecule has 59 heavy (non-hydrogen) atoms. The van der Waals surface area contributed by atoms with Crippen molar-refractivity contribution in [1.82, 2.24) is 10.6 Å². The highest BCUT2D eigenvalue weighted by molar-refractivity contribution is 6.02. The quantitative estimate of drug-likeness (QED) is 0.0596. The highest BCUT2D eigenvalue weighted by Crippen LogP contribution is 2.26. The topological polar surface area (TPSA) is 206 Å². The first-order chi connectivity index (χ1) is 27.6. The number of ketones is 2. The van der Waals surface area contributed by atoms with E-state index >= 15 is 0 Å². The van der Waals surface area contributed by atoms with Crippen molar-refractivity contribution in [2.24, 2.45) is 11.5 Å². The van der Waals surface area contributed by atoms with E-state index in [0.717, 1.165) is 11.1 Å². The van der Waals surface area contributed by atoms with Crippen LogP contribution >= 0.6 is 0 Å². The molecule has 0 bridgehead atoms. The molecule has 8 unspecified atom stereocenters. The van der Waals surface area contributed by atoms with Crippen LogP contribution in [0.15, 0.2) is 48.5 Å². The van der Waals surface area contributed by atoms with Gasteiger partial charge < -0.3 is 60.7 Å². The number of rotatable bonds is 31. The third-order valence-corrected chi connectivity index (χ3v) is 9.14. The van der Waals surface area contributed by atoms with E-state index in [1.165, 1.54) is 27.7 Å². The third-order valence-electron chi connectivity index (χ3n) is 9.14. The van der Waals surface area contributed by atoms with Gasteiger partial charge in [-0.15, -0.1) is 0 Å². The molecule has 2 rings (SSSR count). The smallest absolute Gasteiger partial charge is 0.193 e. The maximum Gasteiger partial charge on any atom is 0.193 e. The monoisotopic (exact) mass is 833 g/mol. The van der Waals surface area contributed by atoms with Gasteiger partial charge in [-0.25, -0.2) is 0 Å². The molecule has 2 aromatic rings. The molecule has 0 spiro atoms. The average molecular weight is 833 g/mol. The Morgan fingerprint density at radius 1 is 0.559 bits per heavy atom. The van der Waals surface area contributed by atoms with E-state index in [1.807, 2.05) is 65.8 Å². The van der Waals surface area contributed by atoms with E-state index in [1.54, 1.807) is 24.3 Å². The molecule has 0 aliphatic rings. The summed E-state index contributed by atoms with van der Waals surface area (Å²) in [5.74, 6) is -0.738. The molecule has 0 radical (unpaired) electrons. The van der Waals surface area contributed by atoms with Crippen LogP contribution in [0.3, 0.4) is 0 Å². The lowest BCUT2D eigenvalue weighted by atomic mass is 9.91. The second kappa shape index (κ2) is 25.9. The maximum atomic E-state index is 12.7. The summed E-state index contributed by atoms with van der Waals surface area (Å²) >= 11 is 0. The average Bonchev–Trinajstić information content (AvgIpc) is 3.17. The zero-order valence-electron chi connectivity index (χ0n) is 37.5. The van der Waals surface area contributed by atoms with E-state index in [-0.39, 0.29) is 66.2 Å². The molecule has 336 valence electrons. The number of Topliss-reactive ketones (excluding diaryl/α,β-unsaturated/α-hetero) is 2. The number of ether oxygens (including phenoxy) is 6. The molecule has 8 N–H and O–H groups in total. The second-order valence-corrected chi connectivity index (χ2v) is 17.2. The Labute approximate surface area is 353 Å². The molecule has 14 heteroatoms. The lowest BCUT2D eigenvalue weighted by Gasteiger charge is -2.27. The van der Waals surface area contributed by atoms with E-state index < -0.39 is 11.2 Å². The second-order valence-electron chi connectivity index (χ2n) is 17.2. The molecule has 0 aliphatic carbocycles. The van der Waals surface area contributed by atoms with Crippen LogP contribution in [0.2, 0.25) is 0 Å². The lowest BCUT2D eigenvalue weighted by molar-refractivity contribution is -0.102. The molecular formula is C45H76N4O10. The number of hydrogen-bond acceptors (Lipinski definition) is 14. The molecule has 8 atom stereocenters. The summed E-state index contributed by atoms with van der Waals surface area (Å²) in [6, 6.07) is 13.8. The fourth-order valence-corrected chi connectivity index (χ4v) is 5.76. The van der Waals surface area contributed by atoms with Crippen LogP contribution < -0.4 is 22.1 Å². The van der Waals surface area contributed by atoms with E-state index in [0.29, 0.717) is 70.5 Å². The summed E-state index contributed by atoms with van der Waals surface area (Å²) < 4.78 is 35.8. The molecular weight excluding hydrogens is 757 g/mol. The summed E-state index contributed by atoms with van der Waals surface area (Å²) in [7, 11) is 0. The van der Waals surface area contributed by atoms with Crippen molar-refractivity contribution in [3.8, 4) is 0 Å². The Bertz CT molecular complexity index is 1410. The van der Waals surface area contributed by atoms with Crippen molar-refractivity contribution in [3.05, 3.63) is 70.8 Å². The summed E-state index contributed by atoms with van der Waals surface area (Å²) in [6.45, 7) is 23.5. The molecule has 0 fully saturated rings. The first-order valence-corrected chi connectivity index (χ1v) is 20.9. The largest absolute Gasteiger partial charge is 0.382 e. The minimum absolute atomic E-state index is 0.0417. The van der Waals surface area contributed by atoms with Gasteiger partial charge in [-0.1, -0.05) is 48.5 Å². The Kier molecular flexibility index (Phi) is 23.0. The van der Waals surface area contributed by atoms with Crippen LogP contribution in [0.1, 0.15) is 114 Å². The minimum atomic E-state index is -1.49. The van der Waals surface area contributed by atoms with E-state index in [4.69, 9.17) is 39.9 Å². The molecule has 0 aromatic heterocycles. The van der Waals surface area contributed by atoms with Crippen LogP contribution in [-0.2, 0) is 28.4 Å². The number of benzene rings is 2. The number of nitrogens with two attached hydrogens (primary N) is 2. The van der Waals surface area contributed by atoms with Crippen molar-refractivity contribution in [2.45, 2.75) is 142 Å². The van der Waals surface area contributed by atoms with Gasteiger partial charge >= 0.3 is 0 Å². The first kappa shape index (κ1) is 52.4. The van der Waals surface area contributed by atoms with Crippen LogP contribution in [0.25, 0.3) is 0 Å². The molecule has 0 saturated heterocycles. The van der Waals surface area contributed by atoms with Crippen molar-refractivity contribution in [1.29, 1.82) is 0 Å². The lowest BCUT2D eigenvalue weighted by Crippen LogP contribution is -2.40. The van der Waals surface area contributed by atoms with Gasteiger partial charge in [-0.2, -0.15) is 0 Å². The predicted octanol–water partition coefficient (Wildman–Crippen LogP) is 3.97. The number of nitrogens with one attached hydrogen (secondary N) is 2. The van der Waals surface area contributed by atoms with Crippen molar-refractivity contribution >= 4 is 11.6 Å². The van der Waals surface area contributed by atoms with E-state index in [9.17, 15) is 19.8 Å². The fraction of sp³-hybridized carbons (Fsp3) is 0.689. The van der Waals surface area contributed by atoms with Gasteiger partial charge in [0.25, 0.3) is 0 Å². The minimum Gasteiger partial charge on any atom is -0.382 e. The molecule has 0 saturated carbocycles. The van der Waals surface area contributed by atoms with E-state index in [2.05, 4.69) is 17.6 Å². The van der Waals surface area contributed by atoms with Crippen molar-refractivity contribution in [2.75, 3.05) is 59.4 Å². The predicted molar refractivity (Wildman–Crippen MR) is 231 cm³/mol. The molecule has 2 aromatic carbocycles. The molecule has 0 aliphatic heterocycles. The van der Waals surface area contributed by atoms with Gasteiger partial charge in [0.15, 0.2) is 11.6 Å². The number of carbonyl (C=O) groups is 2. The summed E-state index contributed by atoms with van der Waals surface area (Å²) in [5, 5.41) is 27.6.